The Kier molecular flexibility index (Phi) is 3.81. The number of aromatic nitrogens is 2. The molecule has 0 saturated carbocycles. The van der Waals surface area contributed by atoms with Crippen LogP contribution in [-0.4, -0.2) is 22.7 Å². The Morgan fingerprint density at radius 1 is 1.11 bits per heavy atom. The van der Waals surface area contributed by atoms with E-state index >= 15 is 0 Å². The summed E-state index contributed by atoms with van der Waals surface area (Å²) < 4.78 is 11.0. The first kappa shape index (κ1) is 16.8. The number of nitrogens with zero attached hydrogens (tertiary/aromatic N) is 3. The average molecular weight is 395 g/mol. The predicted octanol–water partition coefficient (Wildman–Crippen LogP) is 2.71. The van der Waals surface area contributed by atoms with Crippen LogP contribution < -0.4 is 25.8 Å². The van der Waals surface area contributed by atoms with Crippen molar-refractivity contribution in [3.05, 3.63) is 65.6 Å². The van der Waals surface area contributed by atoms with Crippen LogP contribution in [0.4, 0.5) is 5.69 Å². The van der Waals surface area contributed by atoms with Crippen molar-refractivity contribution < 1.29 is 9.47 Å². The summed E-state index contributed by atoms with van der Waals surface area (Å²) in [4.78, 5) is 13.2. The number of benzene rings is 2. The van der Waals surface area contributed by atoms with Gasteiger partial charge in [0, 0.05) is 24.3 Å². The van der Waals surface area contributed by atoms with E-state index in [0.717, 1.165) is 16.7 Å². The molecule has 1 unspecified atom stereocenters. The van der Waals surface area contributed by atoms with E-state index in [1.54, 1.807) is 36.8 Å². The Morgan fingerprint density at radius 2 is 1.96 bits per heavy atom. The molecule has 2 aliphatic heterocycles. The van der Waals surface area contributed by atoms with E-state index in [1.807, 2.05) is 18.2 Å². The molecular formula is C19H15ClN6O2. The summed E-state index contributed by atoms with van der Waals surface area (Å²) in [5, 5.41) is 6.71. The van der Waals surface area contributed by atoms with Gasteiger partial charge in [-0.1, -0.05) is 11.6 Å². The molecule has 0 bridgehead atoms. The summed E-state index contributed by atoms with van der Waals surface area (Å²) in [7, 11) is 0. The van der Waals surface area contributed by atoms with Gasteiger partial charge in [-0.25, -0.2) is 4.99 Å². The van der Waals surface area contributed by atoms with E-state index in [9.17, 15) is 0 Å². The number of guanidine groups is 1. The van der Waals surface area contributed by atoms with Crippen molar-refractivity contribution in [2.45, 2.75) is 5.66 Å². The van der Waals surface area contributed by atoms with E-state index < -0.39 is 5.66 Å². The largest absolute Gasteiger partial charge is 0.454 e. The molecule has 0 radical (unpaired) electrons. The number of nitrogens with two attached hydrogens (primary N) is 1. The highest BCUT2D eigenvalue weighted by Gasteiger charge is 2.36. The Hall–Kier alpha value is -3.36. The van der Waals surface area contributed by atoms with Gasteiger partial charge in [-0.2, -0.15) is 0 Å². The first-order valence-corrected chi connectivity index (χ1v) is 8.89. The lowest BCUT2D eigenvalue weighted by Gasteiger charge is -2.28. The summed E-state index contributed by atoms with van der Waals surface area (Å²) in [6, 6.07) is 9.13. The van der Waals surface area contributed by atoms with Gasteiger partial charge in [0.2, 0.25) is 12.8 Å². The fraction of sp³-hybridized carbons (Fsp3) is 0.105. The molecule has 1 atom stereocenters. The van der Waals surface area contributed by atoms with E-state index in [-0.39, 0.29) is 6.79 Å². The minimum Gasteiger partial charge on any atom is -0.454 e. The molecule has 28 heavy (non-hydrogen) atoms. The number of hydrogen-bond acceptors (Lipinski definition) is 8. The third-order valence-electron chi connectivity index (χ3n) is 4.48. The maximum absolute atomic E-state index is 6.59. The van der Waals surface area contributed by atoms with Crippen LogP contribution in [0.25, 0.3) is 11.0 Å². The van der Waals surface area contributed by atoms with Gasteiger partial charge in [0.1, 0.15) is 0 Å². The highest BCUT2D eigenvalue weighted by atomic mass is 35.5. The fourth-order valence-electron chi connectivity index (χ4n) is 3.20. The van der Waals surface area contributed by atoms with Gasteiger partial charge < -0.3 is 20.1 Å². The molecule has 3 aromatic rings. The topological polar surface area (TPSA) is 107 Å². The highest BCUT2D eigenvalue weighted by molar-refractivity contribution is 6.31. The van der Waals surface area contributed by atoms with E-state index in [4.69, 9.17) is 26.8 Å². The number of fused-ring (bicyclic) bond motifs is 2. The summed E-state index contributed by atoms with van der Waals surface area (Å²) >= 11 is 6.43. The molecule has 0 aliphatic carbocycles. The summed E-state index contributed by atoms with van der Waals surface area (Å²) in [6.45, 7) is 0.119. The number of hydrogen-bond donors (Lipinski definition) is 3. The van der Waals surface area contributed by atoms with Crippen molar-refractivity contribution in [2.24, 2.45) is 10.7 Å². The van der Waals surface area contributed by atoms with Gasteiger partial charge in [-0.05, 0) is 36.4 Å². The Labute approximate surface area is 165 Å². The van der Waals surface area contributed by atoms with Crippen LogP contribution in [-0.2, 0) is 5.66 Å². The normalized spacial score (nSPS) is 20.0. The summed E-state index contributed by atoms with van der Waals surface area (Å²) in [6.07, 6.45) is 6.73. The van der Waals surface area contributed by atoms with Gasteiger partial charge in [0.25, 0.3) is 0 Å². The molecule has 0 saturated heterocycles. The van der Waals surface area contributed by atoms with Crippen LogP contribution in [0, 0.1) is 0 Å². The smallest absolute Gasteiger partial charge is 0.231 e. The Morgan fingerprint density at radius 3 is 2.86 bits per heavy atom. The number of halogens is 1. The summed E-state index contributed by atoms with van der Waals surface area (Å²) in [5.74, 6) is 1.56. The van der Waals surface area contributed by atoms with E-state index in [2.05, 4.69) is 25.6 Å². The maximum atomic E-state index is 6.59. The van der Waals surface area contributed by atoms with Crippen LogP contribution in [0.2, 0.25) is 5.02 Å². The second-order valence-electron chi connectivity index (χ2n) is 6.30. The molecule has 0 fully saturated rings. The van der Waals surface area contributed by atoms with Crippen LogP contribution in [0.1, 0.15) is 5.56 Å². The molecule has 2 aromatic carbocycles. The SMILES string of the molecule is NC1(c2c(Cl)ccc3c2OCO3)C=CNC(Nc2ccc3nccnc3c2)=N1. The molecule has 140 valence electrons. The van der Waals surface area contributed by atoms with Gasteiger partial charge in [0.15, 0.2) is 17.2 Å². The second-order valence-corrected chi connectivity index (χ2v) is 6.71. The molecule has 2 aliphatic rings. The van der Waals surface area contributed by atoms with E-state index in [0.29, 0.717) is 28.0 Å². The first-order chi connectivity index (χ1) is 13.6. The minimum atomic E-state index is -1.22. The van der Waals surface area contributed by atoms with E-state index in [1.165, 1.54) is 0 Å². The van der Waals surface area contributed by atoms with Crippen molar-refractivity contribution in [1.82, 2.24) is 15.3 Å². The zero-order valence-corrected chi connectivity index (χ0v) is 15.3. The fourth-order valence-corrected chi connectivity index (χ4v) is 3.50. The molecule has 0 spiro atoms. The highest BCUT2D eigenvalue weighted by Crippen LogP contribution is 2.45. The van der Waals surface area contributed by atoms with Crippen molar-refractivity contribution in [2.75, 3.05) is 12.1 Å². The van der Waals surface area contributed by atoms with Crippen LogP contribution in [0.3, 0.4) is 0 Å². The average Bonchev–Trinajstić information content (AvgIpc) is 3.16. The lowest BCUT2D eigenvalue weighted by atomic mass is 9.98. The first-order valence-electron chi connectivity index (χ1n) is 8.52. The third kappa shape index (κ3) is 2.79. The predicted molar refractivity (Wildman–Crippen MR) is 106 cm³/mol. The monoisotopic (exact) mass is 394 g/mol. The van der Waals surface area contributed by atoms with Crippen molar-refractivity contribution in [3.8, 4) is 11.5 Å². The van der Waals surface area contributed by atoms with Gasteiger partial charge in [-0.3, -0.25) is 15.7 Å². The zero-order chi connectivity index (χ0) is 19.1. The molecular weight excluding hydrogens is 380 g/mol. The van der Waals surface area contributed by atoms with Gasteiger partial charge in [0.05, 0.1) is 21.6 Å². The van der Waals surface area contributed by atoms with Gasteiger partial charge in [-0.15, -0.1) is 0 Å². The van der Waals surface area contributed by atoms with Crippen molar-refractivity contribution >= 4 is 34.3 Å². The molecule has 8 nitrogen and oxygen atoms in total. The lowest BCUT2D eigenvalue weighted by Crippen LogP contribution is -2.42. The molecule has 0 amide bonds. The molecule has 9 heteroatoms. The second kappa shape index (κ2) is 6.36. The number of nitrogens with one attached hydrogen (secondary N) is 2. The maximum Gasteiger partial charge on any atom is 0.231 e. The standard InChI is InChI=1S/C19H15ClN6O2/c20-12-2-4-15-17(28-10-27-15)16(12)19(21)5-6-24-18(26-19)25-11-1-3-13-14(9-11)23-8-7-22-13/h1-9H,10,21H2,(H2,24,25,26). The van der Waals surface area contributed by atoms with Crippen LogP contribution in [0.5, 0.6) is 11.5 Å². The zero-order valence-electron chi connectivity index (χ0n) is 14.5. The molecule has 1 aromatic heterocycles. The van der Waals surface area contributed by atoms with Crippen molar-refractivity contribution in [1.29, 1.82) is 0 Å². The van der Waals surface area contributed by atoms with Crippen LogP contribution >= 0.6 is 11.6 Å². The van der Waals surface area contributed by atoms with Crippen LogP contribution in [0.15, 0.2) is 60.0 Å². The molecule has 4 N–H and O–H groups in total. The number of anilines is 1. The third-order valence-corrected chi connectivity index (χ3v) is 4.79. The van der Waals surface area contributed by atoms with Crippen molar-refractivity contribution in [3.63, 3.8) is 0 Å². The Bertz CT molecular complexity index is 1150. The minimum absolute atomic E-state index is 0.119. The molecule has 3 heterocycles. The number of ether oxygens (including phenoxy) is 2. The number of rotatable bonds is 2. The Balaban J connectivity index is 1.51. The summed E-state index contributed by atoms with van der Waals surface area (Å²) in [5.41, 5.74) is 8.29. The quantitative estimate of drug-likeness (QED) is 0.613. The lowest BCUT2D eigenvalue weighted by molar-refractivity contribution is 0.172. The number of aliphatic imine (C=N–C) groups is 1. The van der Waals surface area contributed by atoms with Gasteiger partial charge >= 0.3 is 0 Å². The molecule has 5 rings (SSSR count).